The van der Waals surface area contributed by atoms with E-state index in [9.17, 15) is 14.4 Å². The lowest BCUT2D eigenvalue weighted by Crippen LogP contribution is -2.55. The van der Waals surface area contributed by atoms with Crippen LogP contribution in [0.25, 0.3) is 0 Å². The monoisotopic (exact) mass is 266 g/mol. The molecule has 1 unspecified atom stereocenters. The molecule has 7 heteroatoms. The molecule has 2 saturated heterocycles. The lowest BCUT2D eigenvalue weighted by atomic mass is 9.96. The molecule has 1 spiro atoms. The first kappa shape index (κ1) is 12.4. The molecule has 0 radical (unpaired) electrons. The summed E-state index contributed by atoms with van der Waals surface area (Å²) >= 11 is 0. The first-order valence-electron chi connectivity index (χ1n) is 6.67. The first-order valence-corrected chi connectivity index (χ1v) is 6.67. The first-order chi connectivity index (χ1) is 8.95. The summed E-state index contributed by atoms with van der Waals surface area (Å²) in [5, 5.41) is 4.86. The molecular formula is C12H18N4O3. The van der Waals surface area contributed by atoms with Crippen molar-refractivity contribution in [2.75, 3.05) is 13.1 Å². The molecule has 104 valence electrons. The Kier molecular flexibility index (Phi) is 2.57. The molecule has 3 rings (SSSR count). The highest BCUT2D eigenvalue weighted by molar-refractivity contribution is 6.07. The van der Waals surface area contributed by atoms with Gasteiger partial charge in [0.15, 0.2) is 0 Å². The minimum absolute atomic E-state index is 0.0872. The molecular weight excluding hydrogens is 248 g/mol. The van der Waals surface area contributed by atoms with Crippen LogP contribution in [0, 0.1) is 0 Å². The standard InChI is InChI=1S/C12H18N4O3/c13-11(3-1-2-4-11)9(18)16-6-5-12(7-16)8(17)14-10(19)15-12/h1-7,13H2,(H2,14,15,17,19). The minimum Gasteiger partial charge on any atom is -0.338 e. The van der Waals surface area contributed by atoms with Crippen LogP contribution in [0.15, 0.2) is 0 Å². The Balaban J connectivity index is 1.74. The van der Waals surface area contributed by atoms with Crippen molar-refractivity contribution in [3.05, 3.63) is 0 Å². The number of rotatable bonds is 1. The maximum atomic E-state index is 12.5. The van der Waals surface area contributed by atoms with Crippen LogP contribution in [0.1, 0.15) is 32.1 Å². The number of amides is 4. The second-order valence-corrected chi connectivity index (χ2v) is 5.83. The van der Waals surface area contributed by atoms with Gasteiger partial charge >= 0.3 is 6.03 Å². The van der Waals surface area contributed by atoms with Crippen molar-refractivity contribution < 1.29 is 14.4 Å². The Morgan fingerprint density at radius 3 is 2.47 bits per heavy atom. The van der Waals surface area contributed by atoms with Crippen LogP contribution in [0.2, 0.25) is 0 Å². The highest BCUT2D eigenvalue weighted by Crippen LogP contribution is 2.32. The van der Waals surface area contributed by atoms with Gasteiger partial charge in [0.05, 0.1) is 12.1 Å². The molecule has 1 saturated carbocycles. The van der Waals surface area contributed by atoms with Crippen molar-refractivity contribution in [3.8, 4) is 0 Å². The minimum atomic E-state index is -0.943. The highest BCUT2D eigenvalue weighted by Gasteiger charge is 2.53. The number of imide groups is 1. The largest absolute Gasteiger partial charge is 0.338 e. The Morgan fingerprint density at radius 1 is 1.21 bits per heavy atom. The fraction of sp³-hybridized carbons (Fsp3) is 0.750. The molecule has 2 heterocycles. The zero-order chi connectivity index (χ0) is 13.7. The SMILES string of the molecule is NC1(C(=O)N2CCC3(C2)NC(=O)NC3=O)CCCC1. The van der Waals surface area contributed by atoms with Crippen LogP contribution < -0.4 is 16.4 Å². The third-order valence-corrected chi connectivity index (χ3v) is 4.49. The molecule has 19 heavy (non-hydrogen) atoms. The van der Waals surface area contributed by atoms with Gasteiger partial charge in [-0.15, -0.1) is 0 Å². The van der Waals surface area contributed by atoms with Gasteiger partial charge in [0.25, 0.3) is 5.91 Å². The van der Waals surface area contributed by atoms with Crippen LogP contribution in [0.3, 0.4) is 0 Å². The van der Waals surface area contributed by atoms with Crippen molar-refractivity contribution in [1.29, 1.82) is 0 Å². The van der Waals surface area contributed by atoms with Crippen LogP contribution in [-0.2, 0) is 9.59 Å². The molecule has 7 nitrogen and oxygen atoms in total. The maximum Gasteiger partial charge on any atom is 0.322 e. The molecule has 0 aromatic rings. The number of nitrogens with two attached hydrogens (primary N) is 1. The summed E-state index contributed by atoms with van der Waals surface area (Å²) in [6.07, 6.45) is 3.80. The summed E-state index contributed by atoms with van der Waals surface area (Å²) < 4.78 is 0. The molecule has 0 bridgehead atoms. The van der Waals surface area contributed by atoms with E-state index in [2.05, 4.69) is 10.6 Å². The molecule has 1 atom stereocenters. The van der Waals surface area contributed by atoms with E-state index in [0.29, 0.717) is 25.8 Å². The Hall–Kier alpha value is -1.63. The van der Waals surface area contributed by atoms with Gasteiger partial charge in [-0.05, 0) is 19.3 Å². The highest BCUT2D eigenvalue weighted by atomic mass is 16.2. The van der Waals surface area contributed by atoms with E-state index in [4.69, 9.17) is 5.73 Å². The quantitative estimate of drug-likeness (QED) is 0.533. The third kappa shape index (κ3) is 1.80. The number of hydrogen-bond acceptors (Lipinski definition) is 4. The summed E-state index contributed by atoms with van der Waals surface area (Å²) in [7, 11) is 0. The number of hydrogen-bond donors (Lipinski definition) is 3. The van der Waals surface area contributed by atoms with Gasteiger partial charge in [0.1, 0.15) is 5.54 Å². The van der Waals surface area contributed by atoms with Crippen molar-refractivity contribution in [2.45, 2.75) is 43.2 Å². The summed E-state index contributed by atoms with van der Waals surface area (Å²) in [4.78, 5) is 37.1. The number of nitrogens with zero attached hydrogens (tertiary/aromatic N) is 1. The normalized spacial score (nSPS) is 32.8. The van der Waals surface area contributed by atoms with Gasteiger partial charge in [0, 0.05) is 6.54 Å². The van der Waals surface area contributed by atoms with Crippen LogP contribution in [0.5, 0.6) is 0 Å². The summed E-state index contributed by atoms with van der Waals surface area (Å²) in [6.45, 7) is 0.688. The van der Waals surface area contributed by atoms with E-state index in [1.165, 1.54) is 0 Å². The van der Waals surface area contributed by atoms with Crippen molar-refractivity contribution in [2.24, 2.45) is 5.73 Å². The topological polar surface area (TPSA) is 105 Å². The Bertz CT molecular complexity index is 458. The van der Waals surface area contributed by atoms with Crippen LogP contribution >= 0.6 is 0 Å². The fourth-order valence-electron chi connectivity index (χ4n) is 3.33. The molecule has 3 aliphatic rings. The molecule has 2 aliphatic heterocycles. The number of nitrogens with one attached hydrogen (secondary N) is 2. The number of likely N-dealkylation sites (tertiary alicyclic amines) is 1. The number of urea groups is 1. The fourth-order valence-corrected chi connectivity index (χ4v) is 3.33. The predicted octanol–water partition coefficient (Wildman–Crippen LogP) is -0.932. The van der Waals surface area contributed by atoms with Crippen LogP contribution in [0.4, 0.5) is 4.79 Å². The molecule has 4 N–H and O–H groups in total. The second-order valence-electron chi connectivity index (χ2n) is 5.83. The maximum absolute atomic E-state index is 12.5. The van der Waals surface area contributed by atoms with E-state index in [-0.39, 0.29) is 18.4 Å². The van der Waals surface area contributed by atoms with Crippen LogP contribution in [-0.4, -0.2) is 46.9 Å². The summed E-state index contributed by atoms with van der Waals surface area (Å²) in [5.74, 6) is -0.430. The average molecular weight is 266 g/mol. The Labute approximate surface area is 110 Å². The Morgan fingerprint density at radius 2 is 1.89 bits per heavy atom. The molecule has 0 aromatic carbocycles. The van der Waals surface area contributed by atoms with E-state index < -0.39 is 17.1 Å². The zero-order valence-corrected chi connectivity index (χ0v) is 10.7. The van der Waals surface area contributed by atoms with Gasteiger partial charge in [-0.25, -0.2) is 4.79 Å². The molecule has 0 aromatic heterocycles. The third-order valence-electron chi connectivity index (χ3n) is 4.49. The second kappa shape index (κ2) is 3.93. The zero-order valence-electron chi connectivity index (χ0n) is 10.7. The molecule has 4 amide bonds. The van der Waals surface area contributed by atoms with Crippen molar-refractivity contribution in [3.63, 3.8) is 0 Å². The summed E-state index contributed by atoms with van der Waals surface area (Å²) in [5.41, 5.74) is 4.44. The van der Waals surface area contributed by atoms with Gasteiger partial charge in [-0.1, -0.05) is 12.8 Å². The average Bonchev–Trinajstić information content (AvgIpc) is 3.02. The predicted molar refractivity (Wildman–Crippen MR) is 66.0 cm³/mol. The van der Waals surface area contributed by atoms with Crippen molar-refractivity contribution in [1.82, 2.24) is 15.5 Å². The lowest BCUT2D eigenvalue weighted by Gasteiger charge is -2.29. The number of carbonyl (C=O) groups excluding carboxylic acids is 3. The van der Waals surface area contributed by atoms with Gasteiger partial charge in [-0.3, -0.25) is 14.9 Å². The van der Waals surface area contributed by atoms with E-state index in [1.54, 1.807) is 4.90 Å². The smallest absolute Gasteiger partial charge is 0.322 e. The molecule has 3 fully saturated rings. The van der Waals surface area contributed by atoms with Gasteiger partial charge < -0.3 is 16.0 Å². The summed E-state index contributed by atoms with van der Waals surface area (Å²) in [6, 6.07) is -0.484. The van der Waals surface area contributed by atoms with Crippen molar-refractivity contribution >= 4 is 17.8 Å². The lowest BCUT2D eigenvalue weighted by molar-refractivity contribution is -0.136. The van der Waals surface area contributed by atoms with E-state index in [0.717, 1.165) is 12.8 Å². The van der Waals surface area contributed by atoms with E-state index in [1.807, 2.05) is 0 Å². The number of carbonyl (C=O) groups is 3. The van der Waals surface area contributed by atoms with Gasteiger partial charge in [0.2, 0.25) is 5.91 Å². The van der Waals surface area contributed by atoms with E-state index >= 15 is 0 Å². The van der Waals surface area contributed by atoms with Gasteiger partial charge in [-0.2, -0.15) is 0 Å². The molecule has 1 aliphatic carbocycles.